The lowest BCUT2D eigenvalue weighted by Crippen LogP contribution is -2.15. The average Bonchev–Trinajstić information content (AvgIpc) is 2.87. The summed E-state index contributed by atoms with van der Waals surface area (Å²) < 4.78 is 0. The molecule has 1 heterocycles. The van der Waals surface area contributed by atoms with Crippen LogP contribution in [0.25, 0.3) is 0 Å². The zero-order chi connectivity index (χ0) is 15.6. The number of amides is 1. The monoisotopic (exact) mass is 319 g/mol. The fraction of sp³-hybridized carbons (Fsp3) is 0.267. The van der Waals surface area contributed by atoms with Crippen LogP contribution in [0, 0.1) is 0 Å². The summed E-state index contributed by atoms with van der Waals surface area (Å²) in [6, 6.07) is 6.93. The molecule has 4 nitrogen and oxygen atoms in total. The molecule has 0 bridgehead atoms. The van der Waals surface area contributed by atoms with E-state index in [0.29, 0.717) is 16.3 Å². The number of thiazole rings is 1. The number of carbonyl (C=O) groups excluding carboxylic acids is 1. The molecule has 1 aromatic heterocycles. The number of thiocarbonyl (C=S) groups is 1. The average molecular weight is 319 g/mol. The van der Waals surface area contributed by atoms with Gasteiger partial charge in [0.2, 0.25) is 0 Å². The van der Waals surface area contributed by atoms with Crippen molar-refractivity contribution in [1.29, 1.82) is 0 Å². The molecule has 3 N–H and O–H groups in total. The van der Waals surface area contributed by atoms with Crippen LogP contribution in [-0.4, -0.2) is 15.9 Å². The van der Waals surface area contributed by atoms with Gasteiger partial charge in [-0.15, -0.1) is 11.3 Å². The minimum atomic E-state index is -0.220. The maximum Gasteiger partial charge on any atom is 0.257 e. The molecule has 110 valence electrons. The van der Waals surface area contributed by atoms with Crippen LogP contribution >= 0.6 is 23.6 Å². The zero-order valence-electron chi connectivity index (χ0n) is 12.1. The summed E-state index contributed by atoms with van der Waals surface area (Å²) in [6.07, 6.45) is 0. The van der Waals surface area contributed by atoms with E-state index in [0.717, 1.165) is 5.69 Å². The molecule has 0 atom stereocenters. The molecule has 0 aliphatic heterocycles. The minimum absolute atomic E-state index is 0.0366. The maximum atomic E-state index is 12.2. The van der Waals surface area contributed by atoms with Crippen LogP contribution in [0.4, 0.5) is 5.13 Å². The van der Waals surface area contributed by atoms with E-state index in [1.54, 1.807) is 24.3 Å². The molecule has 0 radical (unpaired) electrons. The van der Waals surface area contributed by atoms with Crippen LogP contribution < -0.4 is 11.1 Å². The van der Waals surface area contributed by atoms with Crippen LogP contribution in [0.1, 0.15) is 42.4 Å². The summed E-state index contributed by atoms with van der Waals surface area (Å²) in [5.41, 5.74) is 7.68. The molecular weight excluding hydrogens is 302 g/mol. The van der Waals surface area contributed by atoms with Crippen LogP contribution in [0.5, 0.6) is 0 Å². The Labute approximate surface area is 133 Å². The lowest BCUT2D eigenvalue weighted by molar-refractivity contribution is 0.102. The van der Waals surface area contributed by atoms with Gasteiger partial charge in [0.05, 0.1) is 5.69 Å². The van der Waals surface area contributed by atoms with Gasteiger partial charge in [0.25, 0.3) is 5.91 Å². The molecule has 6 heteroatoms. The van der Waals surface area contributed by atoms with E-state index in [9.17, 15) is 4.79 Å². The Hall–Kier alpha value is -1.79. The molecule has 0 saturated heterocycles. The Kier molecular flexibility index (Phi) is 4.39. The van der Waals surface area contributed by atoms with Crippen LogP contribution in [0.15, 0.2) is 29.6 Å². The second-order valence-corrected chi connectivity index (χ2v) is 6.99. The SMILES string of the molecule is CC(C)(C)c1csc(NC(=O)c2cccc(C(N)=S)c2)n1. The molecule has 1 aromatic carbocycles. The molecule has 0 fully saturated rings. The van der Waals surface area contributed by atoms with Crippen molar-refractivity contribution in [1.82, 2.24) is 4.98 Å². The van der Waals surface area contributed by atoms with Crippen molar-refractivity contribution in [2.24, 2.45) is 5.73 Å². The molecule has 0 aliphatic carbocycles. The van der Waals surface area contributed by atoms with Gasteiger partial charge in [0.15, 0.2) is 5.13 Å². The van der Waals surface area contributed by atoms with E-state index < -0.39 is 0 Å². The highest BCUT2D eigenvalue weighted by atomic mass is 32.1. The molecule has 21 heavy (non-hydrogen) atoms. The van der Waals surface area contributed by atoms with Crippen molar-refractivity contribution in [2.45, 2.75) is 26.2 Å². The van der Waals surface area contributed by atoms with Gasteiger partial charge in [-0.05, 0) is 12.1 Å². The number of anilines is 1. The van der Waals surface area contributed by atoms with Gasteiger partial charge in [-0.25, -0.2) is 4.98 Å². The third-order valence-electron chi connectivity index (χ3n) is 2.90. The van der Waals surface area contributed by atoms with Crippen LogP contribution in [-0.2, 0) is 5.41 Å². The van der Waals surface area contributed by atoms with Crippen molar-refractivity contribution < 1.29 is 4.79 Å². The molecule has 2 rings (SSSR count). The molecular formula is C15H17N3OS2. The number of nitrogens with one attached hydrogen (secondary N) is 1. The standard InChI is InChI=1S/C15H17N3OS2/c1-15(2,3)11-8-21-14(17-11)18-13(19)10-6-4-5-9(7-10)12(16)20/h4-8H,1-3H3,(H2,16,20)(H,17,18,19). The molecule has 1 amide bonds. The predicted molar refractivity (Wildman–Crippen MR) is 91.1 cm³/mol. The molecule has 2 aromatic rings. The van der Waals surface area contributed by atoms with Gasteiger partial charge in [-0.2, -0.15) is 0 Å². The largest absolute Gasteiger partial charge is 0.389 e. The zero-order valence-corrected chi connectivity index (χ0v) is 13.8. The number of hydrogen-bond donors (Lipinski definition) is 2. The van der Waals surface area contributed by atoms with Crippen molar-refractivity contribution in [3.63, 3.8) is 0 Å². The number of nitrogens with zero attached hydrogens (tertiary/aromatic N) is 1. The summed E-state index contributed by atoms with van der Waals surface area (Å²) in [7, 11) is 0. The number of nitrogens with two attached hydrogens (primary N) is 1. The summed E-state index contributed by atoms with van der Waals surface area (Å²) in [5.74, 6) is -0.220. The van der Waals surface area contributed by atoms with E-state index in [1.165, 1.54) is 11.3 Å². The predicted octanol–water partition coefficient (Wildman–Crippen LogP) is 3.33. The maximum absolute atomic E-state index is 12.2. The molecule has 0 unspecified atom stereocenters. The topological polar surface area (TPSA) is 68.0 Å². The van der Waals surface area contributed by atoms with Crippen molar-refractivity contribution >= 4 is 39.6 Å². The first-order chi connectivity index (χ1) is 9.77. The Morgan fingerprint density at radius 2 is 2.00 bits per heavy atom. The third-order valence-corrected chi connectivity index (χ3v) is 3.90. The first kappa shape index (κ1) is 15.6. The van der Waals surface area contributed by atoms with Gasteiger partial charge >= 0.3 is 0 Å². The van der Waals surface area contributed by atoms with Gasteiger partial charge < -0.3 is 5.73 Å². The summed E-state index contributed by atoms with van der Waals surface area (Å²) in [4.78, 5) is 16.9. The summed E-state index contributed by atoms with van der Waals surface area (Å²) in [6.45, 7) is 6.25. The van der Waals surface area contributed by atoms with Gasteiger partial charge in [0.1, 0.15) is 4.99 Å². The van der Waals surface area contributed by atoms with E-state index in [1.807, 2.05) is 5.38 Å². The van der Waals surface area contributed by atoms with Crippen LogP contribution in [0.2, 0.25) is 0 Å². The second-order valence-electron chi connectivity index (χ2n) is 5.69. The van der Waals surface area contributed by atoms with E-state index >= 15 is 0 Å². The highest BCUT2D eigenvalue weighted by Gasteiger charge is 2.18. The van der Waals surface area contributed by atoms with Gasteiger partial charge in [0, 0.05) is 21.9 Å². The first-order valence-corrected chi connectivity index (χ1v) is 7.73. The lowest BCUT2D eigenvalue weighted by atomic mass is 9.93. The van der Waals surface area contributed by atoms with Gasteiger partial charge in [-0.3, -0.25) is 10.1 Å². The van der Waals surface area contributed by atoms with E-state index in [4.69, 9.17) is 18.0 Å². The highest BCUT2D eigenvalue weighted by Crippen LogP contribution is 2.26. The quantitative estimate of drug-likeness (QED) is 0.852. The lowest BCUT2D eigenvalue weighted by Gasteiger charge is -2.14. The first-order valence-electron chi connectivity index (χ1n) is 6.44. The number of carbonyl (C=O) groups is 1. The summed E-state index contributed by atoms with van der Waals surface area (Å²) >= 11 is 6.33. The molecule has 0 aliphatic rings. The number of benzene rings is 1. The smallest absolute Gasteiger partial charge is 0.257 e. The fourth-order valence-corrected chi connectivity index (χ4v) is 2.72. The van der Waals surface area contributed by atoms with Crippen molar-refractivity contribution in [3.05, 3.63) is 46.5 Å². The Morgan fingerprint density at radius 3 is 2.57 bits per heavy atom. The van der Waals surface area contributed by atoms with Gasteiger partial charge in [-0.1, -0.05) is 45.1 Å². The third kappa shape index (κ3) is 3.86. The van der Waals surface area contributed by atoms with E-state index in [2.05, 4.69) is 31.1 Å². The van der Waals surface area contributed by atoms with E-state index in [-0.39, 0.29) is 16.3 Å². The summed E-state index contributed by atoms with van der Waals surface area (Å²) in [5, 5.41) is 5.35. The molecule has 0 saturated carbocycles. The Bertz CT molecular complexity index is 686. The van der Waals surface area contributed by atoms with Crippen LogP contribution in [0.3, 0.4) is 0 Å². The number of rotatable bonds is 3. The normalized spacial score (nSPS) is 11.2. The highest BCUT2D eigenvalue weighted by molar-refractivity contribution is 7.80. The Balaban J connectivity index is 2.16. The number of hydrogen-bond acceptors (Lipinski definition) is 4. The Morgan fingerprint density at radius 1 is 1.33 bits per heavy atom. The van der Waals surface area contributed by atoms with Crippen molar-refractivity contribution in [2.75, 3.05) is 5.32 Å². The van der Waals surface area contributed by atoms with Crippen molar-refractivity contribution in [3.8, 4) is 0 Å². The number of aromatic nitrogens is 1. The second kappa shape index (κ2) is 5.91. The molecule has 0 spiro atoms. The minimum Gasteiger partial charge on any atom is -0.389 e. The fourth-order valence-electron chi connectivity index (χ4n) is 1.66.